The number of amides is 3. The molecule has 3 amide bonds. The Morgan fingerprint density at radius 2 is 1.93 bits per heavy atom. The van der Waals surface area contributed by atoms with E-state index in [-0.39, 0.29) is 42.1 Å². The predicted molar refractivity (Wildman–Crippen MR) is 98.4 cm³/mol. The minimum atomic E-state index is -0.440. The fraction of sp³-hybridized carbons (Fsp3) is 0.550. The van der Waals surface area contributed by atoms with Gasteiger partial charge < -0.3 is 15.1 Å². The van der Waals surface area contributed by atoms with Crippen molar-refractivity contribution in [2.45, 2.75) is 45.2 Å². The molecule has 27 heavy (non-hydrogen) atoms. The fourth-order valence-electron chi connectivity index (χ4n) is 3.80. The lowest BCUT2D eigenvalue weighted by Gasteiger charge is -2.34. The second-order valence-corrected chi connectivity index (χ2v) is 7.62. The molecule has 0 spiro atoms. The molecular weight excluding hydrogens is 349 g/mol. The number of piperidine rings is 1. The zero-order valence-electron chi connectivity index (χ0n) is 15.8. The van der Waals surface area contributed by atoms with Crippen LogP contribution in [0.4, 0.5) is 4.39 Å². The molecule has 2 saturated heterocycles. The Labute approximate surface area is 158 Å². The van der Waals surface area contributed by atoms with Crippen LogP contribution in [0, 0.1) is 11.7 Å². The maximum atomic E-state index is 13.2. The topological polar surface area (TPSA) is 69.7 Å². The Balaban J connectivity index is 1.49. The number of hydrogen-bond donors (Lipinski definition) is 1. The molecule has 0 aromatic heterocycles. The zero-order chi connectivity index (χ0) is 19.6. The van der Waals surface area contributed by atoms with E-state index in [2.05, 4.69) is 5.32 Å². The minimum Gasteiger partial charge on any atom is -0.349 e. The number of likely N-dealkylation sites (tertiary alicyclic amines) is 2. The average molecular weight is 375 g/mol. The van der Waals surface area contributed by atoms with Crippen LogP contribution in [0.1, 0.15) is 43.5 Å². The van der Waals surface area contributed by atoms with Gasteiger partial charge in [0.1, 0.15) is 5.82 Å². The Kier molecular flexibility index (Phi) is 5.77. The molecular formula is C20H26FN3O3. The van der Waals surface area contributed by atoms with Gasteiger partial charge in [-0.05, 0) is 44.9 Å². The lowest BCUT2D eigenvalue weighted by atomic mass is 10.0. The first-order valence-electron chi connectivity index (χ1n) is 9.50. The van der Waals surface area contributed by atoms with Gasteiger partial charge in [0.2, 0.25) is 11.8 Å². The van der Waals surface area contributed by atoms with Crippen molar-refractivity contribution in [2.75, 3.05) is 19.6 Å². The number of hydrogen-bond acceptors (Lipinski definition) is 3. The van der Waals surface area contributed by atoms with Gasteiger partial charge >= 0.3 is 0 Å². The van der Waals surface area contributed by atoms with Crippen molar-refractivity contribution in [3.63, 3.8) is 0 Å². The summed E-state index contributed by atoms with van der Waals surface area (Å²) in [5.74, 6) is -0.932. The molecule has 146 valence electrons. The molecule has 1 aromatic carbocycles. The third-order valence-corrected chi connectivity index (χ3v) is 5.36. The molecule has 0 aliphatic carbocycles. The monoisotopic (exact) mass is 375 g/mol. The minimum absolute atomic E-state index is 0.0291. The molecule has 1 N–H and O–H groups in total. The van der Waals surface area contributed by atoms with Crippen molar-refractivity contribution in [2.24, 2.45) is 5.92 Å². The Hall–Kier alpha value is -2.44. The van der Waals surface area contributed by atoms with E-state index >= 15 is 0 Å². The summed E-state index contributed by atoms with van der Waals surface area (Å²) in [6.07, 6.45) is 1.59. The van der Waals surface area contributed by atoms with Crippen molar-refractivity contribution in [3.05, 3.63) is 35.6 Å². The fourth-order valence-corrected chi connectivity index (χ4v) is 3.80. The molecule has 2 fully saturated rings. The number of carbonyl (C=O) groups excluding carboxylic acids is 3. The second kappa shape index (κ2) is 8.06. The highest BCUT2D eigenvalue weighted by Crippen LogP contribution is 2.24. The van der Waals surface area contributed by atoms with Gasteiger partial charge in [-0.1, -0.05) is 6.07 Å². The Bertz CT molecular complexity index is 729. The molecule has 7 heteroatoms. The molecule has 0 saturated carbocycles. The summed E-state index contributed by atoms with van der Waals surface area (Å²) >= 11 is 0. The SMILES string of the molecule is CC(C)N1CC(C(=O)N2CCC(NC(=O)c3cccc(F)c3)CC2)CC1=O. The van der Waals surface area contributed by atoms with E-state index in [0.29, 0.717) is 38.0 Å². The van der Waals surface area contributed by atoms with Crippen LogP contribution in [0.25, 0.3) is 0 Å². The van der Waals surface area contributed by atoms with Crippen LogP contribution in [0.15, 0.2) is 24.3 Å². The molecule has 2 aliphatic heterocycles. The van der Waals surface area contributed by atoms with Crippen LogP contribution in [-0.4, -0.2) is 59.2 Å². The normalized spacial score (nSPS) is 21.0. The molecule has 3 rings (SSSR count). The average Bonchev–Trinajstić information content (AvgIpc) is 3.04. The Morgan fingerprint density at radius 1 is 1.22 bits per heavy atom. The van der Waals surface area contributed by atoms with Gasteiger partial charge in [-0.3, -0.25) is 14.4 Å². The number of nitrogens with zero attached hydrogens (tertiary/aromatic N) is 2. The summed E-state index contributed by atoms with van der Waals surface area (Å²) in [5, 5.41) is 2.91. The molecule has 1 unspecified atom stereocenters. The first-order chi connectivity index (χ1) is 12.8. The van der Waals surface area contributed by atoms with Gasteiger partial charge in [0.05, 0.1) is 5.92 Å². The van der Waals surface area contributed by atoms with Crippen molar-refractivity contribution in [1.82, 2.24) is 15.1 Å². The van der Waals surface area contributed by atoms with Gasteiger partial charge in [-0.2, -0.15) is 0 Å². The maximum absolute atomic E-state index is 13.2. The van der Waals surface area contributed by atoms with Crippen LogP contribution in [0.5, 0.6) is 0 Å². The van der Waals surface area contributed by atoms with Crippen molar-refractivity contribution >= 4 is 17.7 Å². The van der Waals surface area contributed by atoms with E-state index in [9.17, 15) is 18.8 Å². The molecule has 2 aliphatic rings. The highest BCUT2D eigenvalue weighted by molar-refractivity contribution is 5.94. The third-order valence-electron chi connectivity index (χ3n) is 5.36. The van der Waals surface area contributed by atoms with Crippen LogP contribution in [-0.2, 0) is 9.59 Å². The summed E-state index contributed by atoms with van der Waals surface area (Å²) in [5.41, 5.74) is 0.298. The third kappa shape index (κ3) is 4.46. The van der Waals surface area contributed by atoms with Crippen molar-refractivity contribution in [1.29, 1.82) is 0 Å². The van der Waals surface area contributed by atoms with Crippen LogP contribution >= 0.6 is 0 Å². The van der Waals surface area contributed by atoms with Crippen molar-refractivity contribution < 1.29 is 18.8 Å². The van der Waals surface area contributed by atoms with Gasteiger partial charge in [-0.25, -0.2) is 4.39 Å². The van der Waals surface area contributed by atoms with E-state index in [4.69, 9.17) is 0 Å². The summed E-state index contributed by atoms with van der Waals surface area (Å²) < 4.78 is 13.2. The quantitative estimate of drug-likeness (QED) is 0.873. The highest BCUT2D eigenvalue weighted by Gasteiger charge is 2.38. The highest BCUT2D eigenvalue weighted by atomic mass is 19.1. The molecule has 2 heterocycles. The molecule has 1 aromatic rings. The van der Waals surface area contributed by atoms with Gasteiger partial charge in [-0.15, -0.1) is 0 Å². The van der Waals surface area contributed by atoms with Gasteiger partial charge in [0.15, 0.2) is 0 Å². The van der Waals surface area contributed by atoms with E-state index in [1.807, 2.05) is 13.8 Å². The molecule has 6 nitrogen and oxygen atoms in total. The van der Waals surface area contributed by atoms with Gasteiger partial charge in [0, 0.05) is 43.7 Å². The number of halogens is 1. The zero-order valence-corrected chi connectivity index (χ0v) is 15.8. The summed E-state index contributed by atoms with van der Waals surface area (Å²) in [7, 11) is 0. The molecule has 0 bridgehead atoms. The lowest BCUT2D eigenvalue weighted by molar-refractivity contribution is -0.136. The van der Waals surface area contributed by atoms with Gasteiger partial charge in [0.25, 0.3) is 5.91 Å². The van der Waals surface area contributed by atoms with Crippen LogP contribution in [0.2, 0.25) is 0 Å². The first-order valence-corrected chi connectivity index (χ1v) is 9.50. The second-order valence-electron chi connectivity index (χ2n) is 7.62. The Morgan fingerprint density at radius 3 is 2.52 bits per heavy atom. The molecule has 1 atom stereocenters. The predicted octanol–water partition coefficient (Wildman–Crippen LogP) is 1.80. The number of benzene rings is 1. The molecule has 0 radical (unpaired) electrons. The van der Waals surface area contributed by atoms with E-state index < -0.39 is 5.82 Å². The first kappa shape index (κ1) is 19.3. The number of carbonyl (C=O) groups is 3. The van der Waals surface area contributed by atoms with Crippen LogP contribution < -0.4 is 5.32 Å². The van der Waals surface area contributed by atoms with Crippen LogP contribution in [0.3, 0.4) is 0 Å². The number of rotatable bonds is 4. The smallest absolute Gasteiger partial charge is 0.251 e. The maximum Gasteiger partial charge on any atom is 0.251 e. The standard InChI is InChI=1S/C20H26FN3O3/c1-13(2)24-12-15(11-18(24)25)20(27)23-8-6-17(7-9-23)22-19(26)14-4-3-5-16(21)10-14/h3-5,10,13,15,17H,6-9,11-12H2,1-2H3,(H,22,26). The lowest BCUT2D eigenvalue weighted by Crippen LogP contribution is -2.48. The van der Waals surface area contributed by atoms with E-state index in [1.165, 1.54) is 18.2 Å². The van der Waals surface area contributed by atoms with Crippen molar-refractivity contribution in [3.8, 4) is 0 Å². The number of nitrogens with one attached hydrogen (secondary N) is 1. The summed E-state index contributed by atoms with van der Waals surface area (Å²) in [4.78, 5) is 40.5. The summed E-state index contributed by atoms with van der Waals surface area (Å²) in [6, 6.07) is 5.67. The summed E-state index contributed by atoms with van der Waals surface area (Å²) in [6.45, 7) is 5.51. The van der Waals surface area contributed by atoms with E-state index in [1.54, 1.807) is 15.9 Å². The van der Waals surface area contributed by atoms with E-state index in [0.717, 1.165) is 0 Å². The largest absolute Gasteiger partial charge is 0.349 e.